The minimum Gasteiger partial charge on any atom is -0.504 e. The van der Waals surface area contributed by atoms with Crippen LogP contribution in [0.1, 0.15) is 13.3 Å². The minimum atomic E-state index is 0.0899. The normalized spacial score (nSPS) is 10.4. The predicted octanol–water partition coefficient (Wildman–Crippen LogP) is 2.22. The van der Waals surface area contributed by atoms with Crippen molar-refractivity contribution < 1.29 is 24.1 Å². The van der Waals surface area contributed by atoms with E-state index in [0.717, 1.165) is 13.0 Å². The van der Waals surface area contributed by atoms with E-state index in [1.807, 2.05) is 0 Å². The third-order valence-corrected chi connectivity index (χ3v) is 2.37. The lowest BCUT2D eigenvalue weighted by molar-refractivity contribution is 0.0363. The van der Waals surface area contributed by atoms with Gasteiger partial charge in [0.2, 0.25) is 0 Å². The Morgan fingerprint density at radius 3 is 2.37 bits per heavy atom. The quantitative estimate of drug-likeness (QED) is 0.661. The lowest BCUT2D eigenvalue weighted by Gasteiger charge is -2.10. The zero-order valence-electron chi connectivity index (χ0n) is 11.6. The van der Waals surface area contributed by atoms with Crippen molar-refractivity contribution in [2.45, 2.75) is 13.3 Å². The fraction of sp³-hybridized carbons (Fsp3) is 0.571. The average Bonchev–Trinajstić information content (AvgIpc) is 2.43. The molecule has 0 spiro atoms. The highest BCUT2D eigenvalue weighted by Gasteiger charge is 2.04. The lowest BCUT2D eigenvalue weighted by atomic mass is 10.3. The topological polar surface area (TPSA) is 57.2 Å². The number of ether oxygens (including phenoxy) is 4. The number of methoxy groups -OCH3 is 1. The summed E-state index contributed by atoms with van der Waals surface area (Å²) in [6.45, 7) is 4.79. The second-order valence-corrected chi connectivity index (χ2v) is 3.91. The molecule has 1 rings (SSSR count). The first-order valence-electron chi connectivity index (χ1n) is 6.43. The van der Waals surface area contributed by atoms with Gasteiger partial charge < -0.3 is 24.1 Å². The Morgan fingerprint density at radius 1 is 1.00 bits per heavy atom. The van der Waals surface area contributed by atoms with Crippen molar-refractivity contribution in [1.29, 1.82) is 0 Å². The summed E-state index contributed by atoms with van der Waals surface area (Å²) in [5, 5.41) is 9.59. The highest BCUT2D eigenvalue weighted by molar-refractivity contribution is 5.44. The number of aromatic hydroxyl groups is 1. The first-order valence-corrected chi connectivity index (χ1v) is 6.43. The van der Waals surface area contributed by atoms with Crippen molar-refractivity contribution in [3.8, 4) is 17.2 Å². The van der Waals surface area contributed by atoms with Crippen LogP contribution in [-0.2, 0) is 9.47 Å². The van der Waals surface area contributed by atoms with E-state index in [1.54, 1.807) is 19.2 Å². The first-order chi connectivity index (χ1) is 9.27. The van der Waals surface area contributed by atoms with Gasteiger partial charge in [-0.1, -0.05) is 6.92 Å². The summed E-state index contributed by atoms with van der Waals surface area (Å²) in [6, 6.07) is 4.84. The maximum atomic E-state index is 9.59. The first kappa shape index (κ1) is 15.6. The zero-order chi connectivity index (χ0) is 13.9. The van der Waals surface area contributed by atoms with Crippen LogP contribution in [0.2, 0.25) is 0 Å². The van der Waals surface area contributed by atoms with E-state index in [9.17, 15) is 5.11 Å². The molecule has 0 radical (unpaired) electrons. The van der Waals surface area contributed by atoms with Crippen LogP contribution >= 0.6 is 0 Å². The summed E-state index contributed by atoms with van der Waals surface area (Å²) in [6.07, 6.45) is 1.01. The minimum absolute atomic E-state index is 0.0899. The second kappa shape index (κ2) is 9.47. The van der Waals surface area contributed by atoms with Gasteiger partial charge in [0.1, 0.15) is 12.4 Å². The van der Waals surface area contributed by atoms with Gasteiger partial charge in [0.15, 0.2) is 11.5 Å². The summed E-state index contributed by atoms with van der Waals surface area (Å²) >= 11 is 0. The van der Waals surface area contributed by atoms with Gasteiger partial charge in [0.25, 0.3) is 0 Å². The summed E-state index contributed by atoms with van der Waals surface area (Å²) in [4.78, 5) is 0. The van der Waals surface area contributed by atoms with Crippen LogP contribution in [0.5, 0.6) is 17.2 Å². The monoisotopic (exact) mass is 270 g/mol. The van der Waals surface area contributed by atoms with Gasteiger partial charge in [-0.3, -0.25) is 0 Å². The second-order valence-electron chi connectivity index (χ2n) is 3.91. The number of rotatable bonds is 10. The Labute approximate surface area is 114 Å². The van der Waals surface area contributed by atoms with Crippen LogP contribution in [-0.4, -0.2) is 45.3 Å². The predicted molar refractivity (Wildman–Crippen MR) is 72.1 cm³/mol. The van der Waals surface area contributed by atoms with E-state index in [2.05, 4.69) is 6.92 Å². The van der Waals surface area contributed by atoms with Crippen molar-refractivity contribution in [1.82, 2.24) is 0 Å². The van der Waals surface area contributed by atoms with E-state index in [4.69, 9.17) is 18.9 Å². The maximum Gasteiger partial charge on any atom is 0.164 e. The fourth-order valence-corrected chi connectivity index (χ4v) is 1.41. The molecule has 1 aromatic rings. The van der Waals surface area contributed by atoms with E-state index in [-0.39, 0.29) is 5.75 Å². The number of hydrogen-bond acceptors (Lipinski definition) is 5. The zero-order valence-corrected chi connectivity index (χ0v) is 11.6. The highest BCUT2D eigenvalue weighted by atomic mass is 16.5. The molecule has 108 valence electrons. The molecule has 0 aliphatic rings. The molecule has 0 atom stereocenters. The van der Waals surface area contributed by atoms with Gasteiger partial charge in [-0.25, -0.2) is 0 Å². The van der Waals surface area contributed by atoms with Gasteiger partial charge in [0.05, 0.1) is 26.9 Å². The van der Waals surface area contributed by atoms with Gasteiger partial charge in [-0.15, -0.1) is 0 Å². The number of phenolic OH excluding ortho intramolecular Hbond substituents is 1. The van der Waals surface area contributed by atoms with Crippen molar-refractivity contribution in [2.75, 3.05) is 40.1 Å². The Kier molecular flexibility index (Phi) is 7.77. The molecule has 1 N–H and O–H groups in total. The van der Waals surface area contributed by atoms with Gasteiger partial charge in [-0.2, -0.15) is 0 Å². The molecule has 0 aromatic heterocycles. The smallest absolute Gasteiger partial charge is 0.164 e. The van der Waals surface area contributed by atoms with Crippen molar-refractivity contribution in [2.24, 2.45) is 0 Å². The summed E-state index contributed by atoms with van der Waals surface area (Å²) in [7, 11) is 1.57. The third-order valence-electron chi connectivity index (χ3n) is 2.37. The van der Waals surface area contributed by atoms with Gasteiger partial charge in [-0.05, 0) is 18.6 Å². The molecule has 5 nitrogen and oxygen atoms in total. The molecule has 1 aromatic carbocycles. The summed E-state index contributed by atoms with van der Waals surface area (Å²) in [5.74, 6) is 1.12. The standard InChI is InChI=1S/C14H22O5/c1-3-6-17-7-8-18-9-10-19-14-11-12(16-2)4-5-13(14)15/h4-5,11,15H,3,6-10H2,1-2H3. The molecule has 0 unspecified atom stereocenters. The molecule has 0 saturated heterocycles. The molecule has 19 heavy (non-hydrogen) atoms. The molecule has 0 aliphatic carbocycles. The fourth-order valence-electron chi connectivity index (χ4n) is 1.41. The molecule has 0 aliphatic heterocycles. The van der Waals surface area contributed by atoms with Crippen LogP contribution in [0.25, 0.3) is 0 Å². The molecule has 0 amide bonds. The Balaban J connectivity index is 2.15. The molecule has 0 saturated carbocycles. The van der Waals surface area contributed by atoms with E-state index < -0.39 is 0 Å². The Hall–Kier alpha value is -1.46. The van der Waals surface area contributed by atoms with Crippen LogP contribution in [0.4, 0.5) is 0 Å². The van der Waals surface area contributed by atoms with Crippen LogP contribution in [0.15, 0.2) is 18.2 Å². The molecular weight excluding hydrogens is 248 g/mol. The average molecular weight is 270 g/mol. The largest absolute Gasteiger partial charge is 0.504 e. The molecule has 5 heteroatoms. The van der Waals surface area contributed by atoms with Gasteiger partial charge >= 0.3 is 0 Å². The van der Waals surface area contributed by atoms with Crippen molar-refractivity contribution >= 4 is 0 Å². The molecular formula is C14H22O5. The van der Waals surface area contributed by atoms with Crippen molar-refractivity contribution in [3.63, 3.8) is 0 Å². The molecule has 0 bridgehead atoms. The molecule has 0 fully saturated rings. The maximum absolute atomic E-state index is 9.59. The van der Waals surface area contributed by atoms with Crippen molar-refractivity contribution in [3.05, 3.63) is 18.2 Å². The summed E-state index contributed by atoms with van der Waals surface area (Å²) in [5.41, 5.74) is 0. The van der Waals surface area contributed by atoms with E-state index in [1.165, 1.54) is 6.07 Å². The SMILES string of the molecule is CCCOCCOCCOc1cc(OC)ccc1O. The number of phenols is 1. The Morgan fingerprint density at radius 2 is 1.68 bits per heavy atom. The van der Waals surface area contributed by atoms with Gasteiger partial charge in [0, 0.05) is 12.7 Å². The lowest BCUT2D eigenvalue weighted by Crippen LogP contribution is -2.11. The number of hydrogen-bond donors (Lipinski definition) is 1. The van der Waals surface area contributed by atoms with E-state index in [0.29, 0.717) is 37.9 Å². The highest BCUT2D eigenvalue weighted by Crippen LogP contribution is 2.29. The number of benzene rings is 1. The third kappa shape index (κ3) is 6.31. The summed E-state index contributed by atoms with van der Waals surface area (Å²) < 4.78 is 21.1. The van der Waals surface area contributed by atoms with Crippen LogP contribution < -0.4 is 9.47 Å². The van der Waals surface area contributed by atoms with E-state index >= 15 is 0 Å². The Bertz CT molecular complexity index is 354. The van der Waals surface area contributed by atoms with Crippen LogP contribution in [0, 0.1) is 0 Å². The molecule has 0 heterocycles. The van der Waals surface area contributed by atoms with Crippen LogP contribution in [0.3, 0.4) is 0 Å².